The molecule has 2 fully saturated rings. The van der Waals surface area contributed by atoms with Crippen molar-refractivity contribution in [2.75, 3.05) is 23.7 Å². The summed E-state index contributed by atoms with van der Waals surface area (Å²) in [5.74, 6) is 1.41. The van der Waals surface area contributed by atoms with Crippen LogP contribution in [0.1, 0.15) is 25.7 Å². The van der Waals surface area contributed by atoms with Crippen molar-refractivity contribution >= 4 is 45.3 Å². The van der Waals surface area contributed by atoms with Crippen LogP contribution in [0, 0.1) is 0 Å². The molecule has 2 saturated heterocycles. The van der Waals surface area contributed by atoms with Gasteiger partial charge in [-0.25, -0.2) is 9.97 Å². The number of carbonyl (C=O) groups excluding carboxylic acids is 2. The Hall–Kier alpha value is -4.54. The molecule has 2 aliphatic rings. The number of amides is 2. The van der Waals surface area contributed by atoms with Gasteiger partial charge in [-0.1, -0.05) is 24.3 Å². The van der Waals surface area contributed by atoms with Gasteiger partial charge in [0.2, 0.25) is 11.8 Å². The van der Waals surface area contributed by atoms with Gasteiger partial charge in [0.05, 0.1) is 34.2 Å². The monoisotopic (exact) mass is 534 g/mol. The molecule has 0 bridgehead atoms. The lowest BCUT2D eigenvalue weighted by atomic mass is 10.1. The van der Waals surface area contributed by atoms with E-state index in [1.807, 2.05) is 60.7 Å². The van der Waals surface area contributed by atoms with Gasteiger partial charge in [-0.2, -0.15) is 0 Å². The van der Waals surface area contributed by atoms with E-state index in [9.17, 15) is 9.59 Å². The summed E-state index contributed by atoms with van der Waals surface area (Å²) in [6.45, 7) is 1.75. The quantitative estimate of drug-likeness (QED) is 0.193. The van der Waals surface area contributed by atoms with Crippen LogP contribution >= 0.6 is 0 Å². The molecule has 40 heavy (non-hydrogen) atoms. The predicted octanol–water partition coefficient (Wildman–Crippen LogP) is 4.15. The number of nitrogens with zero attached hydrogens (tertiary/aromatic N) is 2. The van der Waals surface area contributed by atoms with Crippen LogP contribution in [0.5, 0.6) is 0 Å². The van der Waals surface area contributed by atoms with Crippen molar-refractivity contribution in [3.05, 3.63) is 60.7 Å². The zero-order valence-electron chi connectivity index (χ0n) is 21.9. The van der Waals surface area contributed by atoms with E-state index >= 15 is 0 Å². The normalized spacial score (nSPS) is 18.9. The molecule has 10 heteroatoms. The van der Waals surface area contributed by atoms with Gasteiger partial charge in [-0.15, -0.1) is 0 Å². The van der Waals surface area contributed by atoms with E-state index < -0.39 is 0 Å². The van der Waals surface area contributed by atoms with Gasteiger partial charge in [0.15, 0.2) is 0 Å². The SMILES string of the molecule is O=C(Nc1ccc2nc(-c3ccccc3-c3nc4ccc(NC(=O)C5CCCN5)cc4[nH]3)[nH]c2c1)C1CCCN1. The molecule has 0 aliphatic carbocycles. The molecular formula is C30H30N8O2. The Morgan fingerprint density at radius 1 is 0.675 bits per heavy atom. The fourth-order valence-corrected chi connectivity index (χ4v) is 5.60. The fourth-order valence-electron chi connectivity index (χ4n) is 5.60. The number of rotatable bonds is 6. The summed E-state index contributed by atoms with van der Waals surface area (Å²) in [6.07, 6.45) is 3.74. The maximum Gasteiger partial charge on any atom is 0.241 e. The summed E-state index contributed by atoms with van der Waals surface area (Å²) in [5, 5.41) is 12.5. The maximum atomic E-state index is 12.6. The molecule has 3 aromatic carbocycles. The first kappa shape index (κ1) is 24.5. The number of H-pyrrole nitrogens is 2. The molecule has 0 spiro atoms. The molecule has 5 aromatic rings. The van der Waals surface area contributed by atoms with Crippen LogP contribution in [-0.2, 0) is 9.59 Å². The molecule has 2 amide bonds. The highest BCUT2D eigenvalue weighted by Crippen LogP contribution is 2.32. The van der Waals surface area contributed by atoms with Gasteiger partial charge < -0.3 is 31.2 Å². The summed E-state index contributed by atoms with van der Waals surface area (Å²) in [4.78, 5) is 41.6. The zero-order chi connectivity index (χ0) is 27.1. The number of benzene rings is 3. The highest BCUT2D eigenvalue weighted by molar-refractivity contribution is 5.98. The smallest absolute Gasteiger partial charge is 0.241 e. The Kier molecular flexibility index (Phi) is 6.26. The molecule has 4 heterocycles. The minimum Gasteiger partial charge on any atom is -0.338 e. The van der Waals surface area contributed by atoms with Gasteiger partial charge in [-0.05, 0) is 75.2 Å². The Balaban J connectivity index is 1.16. The summed E-state index contributed by atoms with van der Waals surface area (Å²) in [7, 11) is 0. The van der Waals surface area contributed by atoms with Crippen molar-refractivity contribution < 1.29 is 9.59 Å². The molecule has 0 saturated carbocycles. The zero-order valence-corrected chi connectivity index (χ0v) is 21.9. The van der Waals surface area contributed by atoms with Crippen molar-refractivity contribution in [2.24, 2.45) is 0 Å². The van der Waals surface area contributed by atoms with Crippen LogP contribution in [0.2, 0.25) is 0 Å². The van der Waals surface area contributed by atoms with E-state index in [1.54, 1.807) is 0 Å². The Morgan fingerprint density at radius 3 is 1.57 bits per heavy atom. The minimum atomic E-state index is -0.139. The molecule has 6 N–H and O–H groups in total. The first-order valence-corrected chi connectivity index (χ1v) is 13.8. The predicted molar refractivity (Wildman–Crippen MR) is 156 cm³/mol. The van der Waals surface area contributed by atoms with Crippen LogP contribution in [0.15, 0.2) is 60.7 Å². The summed E-state index contributed by atoms with van der Waals surface area (Å²) < 4.78 is 0. The molecular weight excluding hydrogens is 504 g/mol. The highest BCUT2D eigenvalue weighted by Gasteiger charge is 2.23. The van der Waals surface area contributed by atoms with Crippen LogP contribution < -0.4 is 21.3 Å². The van der Waals surface area contributed by atoms with E-state index in [-0.39, 0.29) is 23.9 Å². The van der Waals surface area contributed by atoms with E-state index in [2.05, 4.69) is 31.2 Å². The number of hydrogen-bond acceptors (Lipinski definition) is 6. The van der Waals surface area contributed by atoms with Crippen LogP contribution in [-0.4, -0.2) is 56.9 Å². The standard InChI is InChI=1S/C30H30N8O2/c39-29(23-7-3-13-31-23)33-17-9-11-21-25(15-17)37-27(35-21)19-5-1-2-6-20(19)28-36-22-12-10-18(16-26(22)38-28)34-30(40)24-8-4-14-32-24/h1-2,5-6,9-12,15-16,23-24,31-32H,3-4,7-8,13-14H2,(H,33,39)(H,34,40)(H,35,37)(H,36,38). The van der Waals surface area contributed by atoms with Gasteiger partial charge in [0.1, 0.15) is 11.6 Å². The Bertz CT molecular complexity index is 1600. The lowest BCUT2D eigenvalue weighted by Gasteiger charge is -2.10. The number of imidazole rings is 2. The largest absolute Gasteiger partial charge is 0.338 e. The number of carbonyl (C=O) groups is 2. The molecule has 0 radical (unpaired) electrons. The van der Waals surface area contributed by atoms with E-state index in [4.69, 9.17) is 9.97 Å². The van der Waals surface area contributed by atoms with Crippen molar-refractivity contribution in [3.63, 3.8) is 0 Å². The Morgan fingerprint density at radius 2 is 1.15 bits per heavy atom. The molecule has 2 aromatic heterocycles. The van der Waals surface area contributed by atoms with Gasteiger partial charge in [0.25, 0.3) is 0 Å². The third kappa shape index (κ3) is 4.72. The third-order valence-corrected chi connectivity index (χ3v) is 7.69. The topological polar surface area (TPSA) is 140 Å². The van der Waals surface area contributed by atoms with Crippen molar-refractivity contribution in [3.8, 4) is 22.8 Å². The lowest BCUT2D eigenvalue weighted by Crippen LogP contribution is -2.35. The van der Waals surface area contributed by atoms with Crippen LogP contribution in [0.25, 0.3) is 44.8 Å². The number of nitrogens with one attached hydrogen (secondary N) is 6. The minimum absolute atomic E-state index is 0.00949. The first-order valence-electron chi connectivity index (χ1n) is 13.8. The molecule has 10 nitrogen and oxygen atoms in total. The van der Waals surface area contributed by atoms with Gasteiger partial charge >= 0.3 is 0 Å². The van der Waals surface area contributed by atoms with Crippen molar-refractivity contribution in [1.29, 1.82) is 0 Å². The molecule has 202 valence electrons. The van der Waals surface area contributed by atoms with Crippen molar-refractivity contribution in [1.82, 2.24) is 30.6 Å². The number of aromatic amines is 2. The Labute approximate surface area is 230 Å². The second kappa shape index (κ2) is 10.2. The lowest BCUT2D eigenvalue weighted by molar-refractivity contribution is -0.118. The van der Waals surface area contributed by atoms with Crippen molar-refractivity contribution in [2.45, 2.75) is 37.8 Å². The summed E-state index contributed by atoms with van der Waals surface area (Å²) in [5.41, 5.74) is 6.57. The van der Waals surface area contributed by atoms with Crippen LogP contribution in [0.4, 0.5) is 11.4 Å². The molecule has 2 aliphatic heterocycles. The molecule has 7 rings (SSSR count). The summed E-state index contributed by atoms with van der Waals surface area (Å²) in [6, 6.07) is 19.1. The maximum absolute atomic E-state index is 12.6. The first-order chi connectivity index (χ1) is 19.6. The van der Waals surface area contributed by atoms with E-state index in [1.165, 1.54) is 0 Å². The van der Waals surface area contributed by atoms with Gasteiger partial charge in [-0.3, -0.25) is 9.59 Å². The summed E-state index contributed by atoms with van der Waals surface area (Å²) >= 11 is 0. The fraction of sp³-hybridized carbons (Fsp3) is 0.267. The van der Waals surface area contributed by atoms with E-state index in [0.29, 0.717) is 11.6 Å². The number of anilines is 2. The number of aromatic nitrogens is 4. The average molecular weight is 535 g/mol. The van der Waals surface area contributed by atoms with Gasteiger partial charge in [0, 0.05) is 22.5 Å². The van der Waals surface area contributed by atoms with Crippen LogP contribution in [0.3, 0.4) is 0 Å². The average Bonchev–Trinajstić information content (AvgIpc) is 3.79. The highest BCUT2D eigenvalue weighted by atomic mass is 16.2. The second-order valence-electron chi connectivity index (χ2n) is 10.5. The number of hydrogen-bond donors (Lipinski definition) is 6. The number of fused-ring (bicyclic) bond motifs is 2. The second-order valence-corrected chi connectivity index (χ2v) is 10.5. The molecule has 2 unspecified atom stereocenters. The van der Waals surface area contributed by atoms with E-state index in [0.717, 1.165) is 83.3 Å². The third-order valence-electron chi connectivity index (χ3n) is 7.69. The molecule has 2 atom stereocenters.